The summed E-state index contributed by atoms with van der Waals surface area (Å²) in [4.78, 5) is 27.8. The number of nitrogens with one attached hydrogen (secondary N) is 1. The van der Waals surface area contributed by atoms with Gasteiger partial charge in [0.1, 0.15) is 17.0 Å². The highest BCUT2D eigenvalue weighted by molar-refractivity contribution is 6.11. The van der Waals surface area contributed by atoms with E-state index in [0.29, 0.717) is 41.4 Å². The van der Waals surface area contributed by atoms with Crippen LogP contribution in [0.15, 0.2) is 59.0 Å². The summed E-state index contributed by atoms with van der Waals surface area (Å²) in [5.74, 6) is 0.860. The minimum atomic E-state index is -0.736. The lowest BCUT2D eigenvalue weighted by atomic mass is 9.99. The average molecular weight is 406 g/mol. The highest BCUT2D eigenvalue weighted by Crippen LogP contribution is 2.33. The molecule has 6 heteroatoms. The van der Waals surface area contributed by atoms with Crippen molar-refractivity contribution >= 4 is 28.5 Å². The number of ether oxygens (including phenoxy) is 1. The summed E-state index contributed by atoms with van der Waals surface area (Å²) >= 11 is 0. The van der Waals surface area contributed by atoms with Gasteiger partial charge in [0.25, 0.3) is 11.8 Å². The summed E-state index contributed by atoms with van der Waals surface area (Å²) < 4.78 is 11.6. The summed E-state index contributed by atoms with van der Waals surface area (Å²) in [6.45, 7) is 5.26. The van der Waals surface area contributed by atoms with E-state index in [4.69, 9.17) is 9.15 Å². The summed E-state index contributed by atoms with van der Waals surface area (Å²) in [5, 5.41) is 3.58. The third-order valence-electron chi connectivity index (χ3n) is 5.53. The Balaban J connectivity index is 1.58. The zero-order valence-electron chi connectivity index (χ0n) is 17.3. The minimum Gasteiger partial charge on any atom is -0.481 e. The van der Waals surface area contributed by atoms with E-state index >= 15 is 0 Å². The molecule has 2 amide bonds. The molecule has 1 aromatic heterocycles. The van der Waals surface area contributed by atoms with Gasteiger partial charge in [0, 0.05) is 18.5 Å². The second-order valence-electron chi connectivity index (χ2n) is 7.84. The number of fused-ring (bicyclic) bond motifs is 1. The van der Waals surface area contributed by atoms with Crippen LogP contribution in [0.2, 0.25) is 0 Å². The number of furan rings is 1. The highest BCUT2D eigenvalue weighted by Gasteiger charge is 2.29. The first-order valence-electron chi connectivity index (χ1n) is 10.4. The van der Waals surface area contributed by atoms with Crippen LogP contribution >= 0.6 is 0 Å². The van der Waals surface area contributed by atoms with E-state index in [2.05, 4.69) is 12.2 Å². The van der Waals surface area contributed by atoms with Gasteiger partial charge < -0.3 is 19.4 Å². The average Bonchev–Trinajstić information content (AvgIpc) is 3.13. The van der Waals surface area contributed by atoms with Crippen LogP contribution in [0.25, 0.3) is 11.0 Å². The number of hydrogen-bond donors (Lipinski definition) is 1. The number of rotatable bonds is 5. The van der Waals surface area contributed by atoms with Crippen LogP contribution in [0, 0.1) is 5.92 Å². The molecule has 0 saturated carbocycles. The molecule has 6 nitrogen and oxygen atoms in total. The Hall–Kier alpha value is -3.28. The molecular formula is C24H26N2O4. The maximum absolute atomic E-state index is 13.2. The molecule has 0 unspecified atom stereocenters. The van der Waals surface area contributed by atoms with Gasteiger partial charge in [-0.3, -0.25) is 9.59 Å². The Labute approximate surface area is 175 Å². The molecule has 0 radical (unpaired) electrons. The number of piperidine rings is 1. The number of benzene rings is 2. The maximum Gasteiger partial charge on any atom is 0.291 e. The normalized spacial score (nSPS) is 15.7. The fraction of sp³-hybridized carbons (Fsp3) is 0.333. The van der Waals surface area contributed by atoms with Gasteiger partial charge in [-0.25, -0.2) is 0 Å². The van der Waals surface area contributed by atoms with Crippen LogP contribution in [0.4, 0.5) is 5.69 Å². The Morgan fingerprint density at radius 2 is 1.73 bits per heavy atom. The molecule has 0 bridgehead atoms. The Morgan fingerprint density at radius 1 is 1.07 bits per heavy atom. The molecule has 4 rings (SSSR count). The lowest BCUT2D eigenvalue weighted by Crippen LogP contribution is -2.38. The fourth-order valence-electron chi connectivity index (χ4n) is 3.66. The summed E-state index contributed by atoms with van der Waals surface area (Å²) in [6, 6.07) is 16.5. The molecule has 1 fully saturated rings. The van der Waals surface area contributed by atoms with Crippen molar-refractivity contribution in [3.63, 3.8) is 0 Å². The number of carbonyl (C=O) groups is 2. The fourth-order valence-corrected chi connectivity index (χ4v) is 3.66. The van der Waals surface area contributed by atoms with Crippen molar-refractivity contribution in [2.45, 2.75) is 32.8 Å². The van der Waals surface area contributed by atoms with Crippen LogP contribution in [-0.4, -0.2) is 35.9 Å². The van der Waals surface area contributed by atoms with Crippen LogP contribution in [0.1, 0.15) is 37.2 Å². The number of nitrogens with zero attached hydrogens (tertiary/aromatic N) is 1. The minimum absolute atomic E-state index is 0.172. The van der Waals surface area contributed by atoms with Crippen LogP contribution in [0.3, 0.4) is 0 Å². The first-order valence-corrected chi connectivity index (χ1v) is 10.4. The summed E-state index contributed by atoms with van der Waals surface area (Å²) in [6.07, 6.45) is 1.20. The molecule has 1 aliphatic rings. The predicted octanol–water partition coefficient (Wildman–Crippen LogP) is 4.71. The van der Waals surface area contributed by atoms with Crippen molar-refractivity contribution in [3.8, 4) is 5.75 Å². The first-order chi connectivity index (χ1) is 14.5. The molecule has 30 heavy (non-hydrogen) atoms. The van der Waals surface area contributed by atoms with Crippen molar-refractivity contribution in [3.05, 3.63) is 60.4 Å². The molecule has 2 heterocycles. The number of likely N-dealkylation sites (tertiary alicyclic amines) is 1. The number of carbonyl (C=O) groups excluding carboxylic acids is 2. The second-order valence-corrected chi connectivity index (χ2v) is 7.84. The zero-order valence-corrected chi connectivity index (χ0v) is 17.3. The third-order valence-corrected chi connectivity index (χ3v) is 5.53. The zero-order chi connectivity index (χ0) is 21.1. The van der Waals surface area contributed by atoms with Crippen molar-refractivity contribution in [1.29, 1.82) is 0 Å². The predicted molar refractivity (Wildman–Crippen MR) is 116 cm³/mol. The van der Waals surface area contributed by atoms with E-state index in [1.54, 1.807) is 30.0 Å². The molecule has 2 aromatic carbocycles. The monoisotopic (exact) mass is 406 g/mol. The number of para-hydroxylation sites is 2. The van der Waals surface area contributed by atoms with Gasteiger partial charge in [-0.2, -0.15) is 0 Å². The lowest BCUT2D eigenvalue weighted by molar-refractivity contribution is -0.122. The molecule has 3 aromatic rings. The number of hydrogen-bond acceptors (Lipinski definition) is 4. The van der Waals surface area contributed by atoms with Gasteiger partial charge in [0.05, 0.1) is 0 Å². The van der Waals surface area contributed by atoms with Gasteiger partial charge in [-0.1, -0.05) is 37.3 Å². The Morgan fingerprint density at radius 3 is 2.47 bits per heavy atom. The SMILES string of the molecule is CC1CCN(C(=O)c2oc3ccccc3c2NC(=O)[C@@H](C)Oc2ccccc2)CC1. The van der Waals surface area contributed by atoms with E-state index in [-0.39, 0.29) is 17.6 Å². The van der Waals surface area contributed by atoms with E-state index in [1.165, 1.54) is 0 Å². The van der Waals surface area contributed by atoms with E-state index < -0.39 is 6.10 Å². The smallest absolute Gasteiger partial charge is 0.291 e. The first kappa shape index (κ1) is 20.0. The van der Waals surface area contributed by atoms with Crippen molar-refractivity contribution in [1.82, 2.24) is 4.90 Å². The lowest BCUT2D eigenvalue weighted by Gasteiger charge is -2.29. The summed E-state index contributed by atoms with van der Waals surface area (Å²) in [7, 11) is 0. The van der Waals surface area contributed by atoms with E-state index in [0.717, 1.165) is 12.8 Å². The summed E-state index contributed by atoms with van der Waals surface area (Å²) in [5.41, 5.74) is 0.973. The molecular weight excluding hydrogens is 380 g/mol. The van der Waals surface area contributed by atoms with Gasteiger partial charge in [0.2, 0.25) is 5.76 Å². The van der Waals surface area contributed by atoms with Crippen LogP contribution < -0.4 is 10.1 Å². The van der Waals surface area contributed by atoms with Crippen LogP contribution in [0.5, 0.6) is 5.75 Å². The second kappa shape index (κ2) is 8.61. The van der Waals surface area contributed by atoms with Crippen molar-refractivity contribution in [2.75, 3.05) is 18.4 Å². The van der Waals surface area contributed by atoms with Crippen LogP contribution in [-0.2, 0) is 4.79 Å². The molecule has 1 saturated heterocycles. The Bertz CT molecular complexity index is 1040. The number of anilines is 1. The van der Waals surface area contributed by atoms with Gasteiger partial charge in [-0.05, 0) is 49.9 Å². The molecule has 0 spiro atoms. The van der Waals surface area contributed by atoms with Crippen molar-refractivity contribution < 1.29 is 18.7 Å². The molecule has 1 aliphatic heterocycles. The van der Waals surface area contributed by atoms with Gasteiger partial charge >= 0.3 is 0 Å². The van der Waals surface area contributed by atoms with E-state index in [9.17, 15) is 9.59 Å². The number of amides is 2. The topological polar surface area (TPSA) is 71.8 Å². The molecule has 156 valence electrons. The van der Waals surface area contributed by atoms with Crippen molar-refractivity contribution in [2.24, 2.45) is 5.92 Å². The third kappa shape index (κ3) is 4.17. The largest absolute Gasteiger partial charge is 0.481 e. The molecule has 0 aliphatic carbocycles. The molecule has 1 N–H and O–H groups in total. The van der Waals surface area contributed by atoms with E-state index in [1.807, 2.05) is 36.4 Å². The van der Waals surface area contributed by atoms with Gasteiger partial charge in [-0.15, -0.1) is 0 Å². The quantitative estimate of drug-likeness (QED) is 0.666. The molecule has 1 atom stereocenters. The standard InChI is InChI=1S/C24H26N2O4/c1-16-12-14-26(15-13-16)24(28)22-21(19-10-6-7-11-20(19)30-22)25-23(27)17(2)29-18-8-4-3-5-9-18/h3-11,16-17H,12-15H2,1-2H3,(H,25,27)/t17-/m1/s1. The highest BCUT2D eigenvalue weighted by atomic mass is 16.5. The van der Waals surface area contributed by atoms with Gasteiger partial charge in [0.15, 0.2) is 6.10 Å². The Kier molecular flexibility index (Phi) is 5.74. The maximum atomic E-state index is 13.2.